The number of hydrogen-bond donors (Lipinski definition) is 4. The lowest BCUT2D eigenvalue weighted by Crippen LogP contribution is -2.59. The number of terminal acetylenes is 2. The van der Waals surface area contributed by atoms with E-state index in [4.69, 9.17) is 12.8 Å². The number of benzene rings is 2. The number of carboxylic acid groups (broad SMARTS) is 2. The van der Waals surface area contributed by atoms with E-state index in [0.717, 1.165) is 0 Å². The third-order valence-corrected chi connectivity index (χ3v) is 6.76. The van der Waals surface area contributed by atoms with Crippen LogP contribution >= 0.6 is 0 Å². The normalized spacial score (nSPS) is 25.7. The molecule has 8 heteroatoms. The summed E-state index contributed by atoms with van der Waals surface area (Å²) in [5.74, 6) is -6.03. The monoisotopic (exact) mass is 482 g/mol. The molecule has 0 heterocycles. The molecular weight excluding hydrogens is 460 g/mol. The van der Waals surface area contributed by atoms with Gasteiger partial charge in [0.2, 0.25) is 11.8 Å². The molecule has 3 aliphatic carbocycles. The molecule has 4 N–H and O–H groups in total. The van der Waals surface area contributed by atoms with E-state index in [1.165, 1.54) is 12.2 Å². The molecule has 2 aromatic carbocycles. The first-order valence-electron chi connectivity index (χ1n) is 11.1. The molecule has 6 atom stereocenters. The molecule has 2 bridgehead atoms. The van der Waals surface area contributed by atoms with Gasteiger partial charge in [-0.05, 0) is 36.4 Å². The lowest BCUT2D eigenvalue weighted by atomic mass is 9.52. The van der Waals surface area contributed by atoms with Crippen LogP contribution in [-0.4, -0.2) is 34.0 Å². The standard InChI is InChI=1S/C28H22N2O6/c1-3-15-7-5-9-17(13-15)29-25(31)21-19-11-12-20(23(21)27(33)34)22(24(19)28(35)36)26(32)30-18-10-6-8-16(4-2)14-18/h1-2,5-14,19-24H,(H,29,31)(H,30,32)(H,33,34)(H,35,36). The fourth-order valence-electron chi connectivity index (χ4n) is 5.28. The molecule has 5 rings (SSSR count). The molecular formula is C28H22N2O6. The van der Waals surface area contributed by atoms with Crippen molar-refractivity contribution < 1.29 is 29.4 Å². The third kappa shape index (κ3) is 4.45. The molecule has 0 aromatic heterocycles. The topological polar surface area (TPSA) is 133 Å². The van der Waals surface area contributed by atoms with Gasteiger partial charge >= 0.3 is 11.9 Å². The second kappa shape index (κ2) is 9.81. The van der Waals surface area contributed by atoms with Crippen LogP contribution < -0.4 is 10.6 Å². The zero-order valence-electron chi connectivity index (χ0n) is 18.9. The van der Waals surface area contributed by atoms with Crippen molar-refractivity contribution in [3.05, 3.63) is 71.8 Å². The minimum atomic E-state index is -1.31. The second-order valence-electron chi connectivity index (χ2n) is 8.75. The van der Waals surface area contributed by atoms with E-state index in [1.54, 1.807) is 48.5 Å². The van der Waals surface area contributed by atoms with E-state index in [9.17, 15) is 29.4 Å². The highest BCUT2D eigenvalue weighted by Crippen LogP contribution is 2.52. The maximum absolute atomic E-state index is 13.3. The van der Waals surface area contributed by atoms with Crippen molar-refractivity contribution in [2.24, 2.45) is 35.5 Å². The summed E-state index contributed by atoms with van der Waals surface area (Å²) in [5, 5.41) is 25.5. The number of allylic oxidation sites excluding steroid dienone is 2. The van der Waals surface area contributed by atoms with Gasteiger partial charge in [0.15, 0.2) is 0 Å². The molecule has 2 aromatic rings. The molecule has 1 saturated carbocycles. The van der Waals surface area contributed by atoms with Gasteiger partial charge in [0.05, 0.1) is 23.7 Å². The van der Waals surface area contributed by atoms with E-state index in [2.05, 4.69) is 22.5 Å². The largest absolute Gasteiger partial charge is 0.481 e. The van der Waals surface area contributed by atoms with Crippen molar-refractivity contribution in [3.8, 4) is 24.7 Å². The predicted molar refractivity (Wildman–Crippen MR) is 131 cm³/mol. The number of rotatable bonds is 6. The summed E-state index contributed by atoms with van der Waals surface area (Å²) in [6.45, 7) is 0. The molecule has 2 amide bonds. The van der Waals surface area contributed by atoms with E-state index in [1.807, 2.05) is 0 Å². The van der Waals surface area contributed by atoms with Crippen LogP contribution in [0.15, 0.2) is 60.7 Å². The van der Waals surface area contributed by atoms with Crippen LogP contribution in [0, 0.1) is 60.2 Å². The predicted octanol–water partition coefficient (Wildman–Crippen LogP) is 2.68. The van der Waals surface area contributed by atoms with Crippen molar-refractivity contribution in [1.82, 2.24) is 0 Å². The number of anilines is 2. The van der Waals surface area contributed by atoms with E-state index in [0.29, 0.717) is 22.5 Å². The lowest BCUT2D eigenvalue weighted by Gasteiger charge is -2.49. The Morgan fingerprint density at radius 2 is 1.06 bits per heavy atom. The summed E-state index contributed by atoms with van der Waals surface area (Å²) in [6.07, 6.45) is 13.9. The van der Waals surface area contributed by atoms with Gasteiger partial charge in [-0.3, -0.25) is 19.2 Å². The number of aliphatic carboxylic acids is 2. The molecule has 0 radical (unpaired) electrons. The molecule has 180 valence electrons. The summed E-state index contributed by atoms with van der Waals surface area (Å²) in [5.41, 5.74) is 1.75. The van der Waals surface area contributed by atoms with Gasteiger partial charge in [0, 0.05) is 34.3 Å². The van der Waals surface area contributed by atoms with Crippen molar-refractivity contribution in [2.45, 2.75) is 0 Å². The zero-order valence-corrected chi connectivity index (χ0v) is 18.9. The zero-order chi connectivity index (χ0) is 26.0. The van der Waals surface area contributed by atoms with E-state index < -0.39 is 59.3 Å². The van der Waals surface area contributed by atoms with Crippen LogP contribution in [0.3, 0.4) is 0 Å². The first kappa shape index (κ1) is 24.3. The van der Waals surface area contributed by atoms with Gasteiger partial charge in [0.1, 0.15) is 0 Å². The Hall–Kier alpha value is -4.82. The van der Waals surface area contributed by atoms with Crippen LogP contribution in [0.1, 0.15) is 11.1 Å². The molecule has 0 aliphatic heterocycles. The second-order valence-corrected chi connectivity index (χ2v) is 8.75. The summed E-state index contributed by atoms with van der Waals surface area (Å²) < 4.78 is 0. The number of amides is 2. The van der Waals surface area contributed by atoms with Crippen LogP contribution in [0.5, 0.6) is 0 Å². The minimum absolute atomic E-state index is 0.361. The summed E-state index contributed by atoms with van der Waals surface area (Å²) in [7, 11) is 0. The molecule has 0 saturated heterocycles. The molecule has 6 unspecified atom stereocenters. The Kier molecular flexibility index (Phi) is 6.62. The Bertz CT molecular complexity index is 1260. The van der Waals surface area contributed by atoms with Crippen LogP contribution in [0.4, 0.5) is 11.4 Å². The number of carbonyl (C=O) groups is 4. The SMILES string of the molecule is C#Cc1cccc(NC(=O)C2C3C=CC(C2C(=O)O)C(C(=O)Nc2cccc(C#C)c2)C3C(=O)O)c1. The van der Waals surface area contributed by atoms with Crippen LogP contribution in [-0.2, 0) is 19.2 Å². The minimum Gasteiger partial charge on any atom is -0.481 e. The highest BCUT2D eigenvalue weighted by molar-refractivity contribution is 6.00. The molecule has 3 aliphatic rings. The molecule has 36 heavy (non-hydrogen) atoms. The van der Waals surface area contributed by atoms with Crippen molar-refractivity contribution in [2.75, 3.05) is 10.6 Å². The molecule has 8 nitrogen and oxygen atoms in total. The third-order valence-electron chi connectivity index (χ3n) is 6.76. The Balaban J connectivity index is 1.67. The van der Waals surface area contributed by atoms with Gasteiger partial charge in [-0.25, -0.2) is 0 Å². The molecule has 1 fully saturated rings. The Morgan fingerprint density at radius 1 is 0.667 bits per heavy atom. The average Bonchev–Trinajstić information content (AvgIpc) is 2.87. The van der Waals surface area contributed by atoms with Crippen molar-refractivity contribution >= 4 is 35.1 Å². The van der Waals surface area contributed by atoms with Crippen LogP contribution in [0.2, 0.25) is 0 Å². The van der Waals surface area contributed by atoms with Gasteiger partial charge in [0.25, 0.3) is 0 Å². The van der Waals surface area contributed by atoms with Crippen molar-refractivity contribution in [1.29, 1.82) is 0 Å². The highest BCUT2D eigenvalue weighted by atomic mass is 16.4. The first-order valence-corrected chi connectivity index (χ1v) is 11.1. The summed E-state index contributed by atoms with van der Waals surface area (Å²) in [6, 6.07) is 12.9. The van der Waals surface area contributed by atoms with E-state index in [-0.39, 0.29) is 0 Å². The number of carbonyl (C=O) groups excluding carboxylic acids is 2. The van der Waals surface area contributed by atoms with E-state index >= 15 is 0 Å². The fourth-order valence-corrected chi connectivity index (χ4v) is 5.28. The van der Waals surface area contributed by atoms with Crippen molar-refractivity contribution in [3.63, 3.8) is 0 Å². The van der Waals surface area contributed by atoms with Gasteiger partial charge in [-0.2, -0.15) is 0 Å². The van der Waals surface area contributed by atoms with Gasteiger partial charge < -0.3 is 20.8 Å². The first-order chi connectivity index (χ1) is 17.2. The Morgan fingerprint density at radius 3 is 1.39 bits per heavy atom. The molecule has 0 spiro atoms. The van der Waals surface area contributed by atoms with Crippen LogP contribution in [0.25, 0.3) is 0 Å². The quantitative estimate of drug-likeness (QED) is 0.370. The summed E-state index contributed by atoms with van der Waals surface area (Å²) >= 11 is 0. The number of carboxylic acids is 2. The maximum Gasteiger partial charge on any atom is 0.307 e. The number of hydrogen-bond acceptors (Lipinski definition) is 4. The Labute approximate surface area is 207 Å². The van der Waals surface area contributed by atoms with Gasteiger partial charge in [-0.1, -0.05) is 36.1 Å². The number of nitrogens with one attached hydrogen (secondary N) is 2. The summed E-state index contributed by atoms with van der Waals surface area (Å²) in [4.78, 5) is 51.3. The fraction of sp³-hybridized carbons (Fsp3) is 0.214. The lowest BCUT2D eigenvalue weighted by molar-refractivity contribution is -0.166. The van der Waals surface area contributed by atoms with Gasteiger partial charge in [-0.15, -0.1) is 12.8 Å². The maximum atomic E-state index is 13.3. The smallest absolute Gasteiger partial charge is 0.307 e. The number of fused-ring (bicyclic) bond motifs is 2. The highest BCUT2D eigenvalue weighted by Gasteiger charge is 2.60. The average molecular weight is 482 g/mol.